The Labute approximate surface area is 112 Å². The Bertz CT molecular complexity index is 487. The van der Waals surface area contributed by atoms with E-state index in [-0.39, 0.29) is 18.5 Å². The van der Waals surface area contributed by atoms with Crippen LogP contribution in [-0.4, -0.2) is 29.7 Å². The Morgan fingerprint density at radius 2 is 2.21 bits per heavy atom. The van der Waals surface area contributed by atoms with Gasteiger partial charge in [-0.2, -0.15) is 0 Å². The lowest BCUT2D eigenvalue weighted by atomic mass is 10.1. The first-order valence-electron chi connectivity index (χ1n) is 6.49. The third-order valence-corrected chi connectivity index (χ3v) is 3.35. The van der Waals surface area contributed by atoms with E-state index < -0.39 is 5.97 Å². The summed E-state index contributed by atoms with van der Waals surface area (Å²) in [6, 6.07) is 7.57. The van der Waals surface area contributed by atoms with Gasteiger partial charge in [-0.3, -0.25) is 9.69 Å². The minimum absolute atomic E-state index is 0.0776. The molecule has 0 saturated carbocycles. The smallest absolute Gasteiger partial charge is 0.322 e. The molecule has 2 rings (SSSR count). The average molecular weight is 262 g/mol. The molecule has 1 aliphatic rings. The van der Waals surface area contributed by atoms with Crippen LogP contribution in [0.5, 0.6) is 0 Å². The molecule has 1 unspecified atom stereocenters. The number of amides is 2. The average Bonchev–Trinajstić information content (AvgIpc) is 2.77. The van der Waals surface area contributed by atoms with E-state index in [1.165, 1.54) is 0 Å². The summed E-state index contributed by atoms with van der Waals surface area (Å²) in [6.45, 7) is 2.58. The Kier molecular flexibility index (Phi) is 4.04. The SMILES string of the molecule is CCc1ccccc1N1CC(CCC(=O)O)NC1=O. The lowest BCUT2D eigenvalue weighted by Crippen LogP contribution is -2.29. The van der Waals surface area contributed by atoms with Gasteiger partial charge in [0.15, 0.2) is 0 Å². The summed E-state index contributed by atoms with van der Waals surface area (Å²) in [6.07, 6.45) is 1.40. The Morgan fingerprint density at radius 1 is 1.47 bits per heavy atom. The summed E-state index contributed by atoms with van der Waals surface area (Å²) in [5, 5.41) is 11.5. The number of para-hydroxylation sites is 1. The molecule has 0 radical (unpaired) electrons. The summed E-state index contributed by atoms with van der Waals surface area (Å²) in [5.41, 5.74) is 2.04. The lowest BCUT2D eigenvalue weighted by molar-refractivity contribution is -0.137. The number of hydrogen-bond donors (Lipinski definition) is 2. The number of carbonyl (C=O) groups is 2. The molecule has 1 atom stereocenters. The number of aliphatic carboxylic acids is 1. The first-order chi connectivity index (χ1) is 9.11. The number of urea groups is 1. The van der Waals surface area contributed by atoms with E-state index in [1.807, 2.05) is 24.3 Å². The number of nitrogens with one attached hydrogen (secondary N) is 1. The molecule has 102 valence electrons. The van der Waals surface area contributed by atoms with Crippen LogP contribution < -0.4 is 10.2 Å². The zero-order valence-electron chi connectivity index (χ0n) is 10.9. The molecule has 2 amide bonds. The van der Waals surface area contributed by atoms with Gasteiger partial charge in [0.2, 0.25) is 0 Å². The topological polar surface area (TPSA) is 69.6 Å². The molecule has 1 saturated heterocycles. The third-order valence-electron chi connectivity index (χ3n) is 3.35. The number of anilines is 1. The number of carboxylic acids is 1. The molecule has 5 nitrogen and oxygen atoms in total. The van der Waals surface area contributed by atoms with Crippen LogP contribution in [-0.2, 0) is 11.2 Å². The number of carboxylic acid groups (broad SMARTS) is 1. The molecule has 0 spiro atoms. The minimum Gasteiger partial charge on any atom is -0.481 e. The number of rotatable bonds is 5. The van der Waals surface area contributed by atoms with Gasteiger partial charge in [-0.25, -0.2) is 4.79 Å². The highest BCUT2D eigenvalue weighted by Crippen LogP contribution is 2.24. The standard InChI is InChI=1S/C14H18N2O3/c1-2-10-5-3-4-6-12(10)16-9-11(15-14(16)19)7-8-13(17)18/h3-6,11H,2,7-9H2,1H3,(H,15,19)(H,17,18). The van der Waals surface area contributed by atoms with Gasteiger partial charge in [-0.1, -0.05) is 25.1 Å². The monoisotopic (exact) mass is 262 g/mol. The highest BCUT2D eigenvalue weighted by Gasteiger charge is 2.30. The maximum Gasteiger partial charge on any atom is 0.322 e. The second-order valence-corrected chi connectivity index (χ2v) is 4.67. The van der Waals surface area contributed by atoms with Crippen LogP contribution in [0.4, 0.5) is 10.5 Å². The van der Waals surface area contributed by atoms with Crippen LogP contribution in [0.2, 0.25) is 0 Å². The van der Waals surface area contributed by atoms with Crippen molar-refractivity contribution >= 4 is 17.7 Å². The number of hydrogen-bond acceptors (Lipinski definition) is 2. The van der Waals surface area contributed by atoms with Gasteiger partial charge < -0.3 is 10.4 Å². The normalized spacial score (nSPS) is 18.5. The van der Waals surface area contributed by atoms with Gasteiger partial charge >= 0.3 is 12.0 Å². The van der Waals surface area contributed by atoms with Gasteiger partial charge in [-0.15, -0.1) is 0 Å². The predicted octanol–water partition coefficient (Wildman–Crippen LogP) is 2.01. The van der Waals surface area contributed by atoms with E-state index in [1.54, 1.807) is 4.90 Å². The van der Waals surface area contributed by atoms with E-state index in [9.17, 15) is 9.59 Å². The van der Waals surface area contributed by atoms with Crippen molar-refractivity contribution in [1.29, 1.82) is 0 Å². The first kappa shape index (κ1) is 13.4. The van der Waals surface area contributed by atoms with Crippen molar-refractivity contribution in [2.75, 3.05) is 11.4 Å². The number of carbonyl (C=O) groups excluding carboxylic acids is 1. The fourth-order valence-electron chi connectivity index (χ4n) is 2.34. The molecule has 1 aromatic carbocycles. The highest BCUT2D eigenvalue weighted by molar-refractivity contribution is 5.95. The van der Waals surface area contributed by atoms with Crippen LogP contribution >= 0.6 is 0 Å². The largest absolute Gasteiger partial charge is 0.481 e. The van der Waals surface area contributed by atoms with Gasteiger partial charge in [0.25, 0.3) is 0 Å². The molecular weight excluding hydrogens is 244 g/mol. The molecule has 1 heterocycles. The second kappa shape index (κ2) is 5.73. The molecule has 5 heteroatoms. The van der Waals surface area contributed by atoms with Crippen LogP contribution in [0.15, 0.2) is 24.3 Å². The zero-order chi connectivity index (χ0) is 13.8. The molecular formula is C14H18N2O3. The van der Waals surface area contributed by atoms with Crippen LogP contribution in [0.3, 0.4) is 0 Å². The van der Waals surface area contributed by atoms with Crippen molar-refractivity contribution in [3.63, 3.8) is 0 Å². The number of aryl methyl sites for hydroxylation is 1. The second-order valence-electron chi connectivity index (χ2n) is 4.67. The molecule has 1 aromatic rings. The zero-order valence-corrected chi connectivity index (χ0v) is 10.9. The van der Waals surface area contributed by atoms with Crippen molar-refractivity contribution in [3.8, 4) is 0 Å². The van der Waals surface area contributed by atoms with E-state index in [0.717, 1.165) is 17.7 Å². The number of nitrogens with zero attached hydrogens (tertiary/aromatic N) is 1. The van der Waals surface area contributed by atoms with Crippen LogP contribution in [0, 0.1) is 0 Å². The van der Waals surface area contributed by atoms with E-state index in [0.29, 0.717) is 13.0 Å². The minimum atomic E-state index is -0.832. The predicted molar refractivity (Wildman–Crippen MR) is 72.4 cm³/mol. The molecule has 1 aliphatic heterocycles. The number of benzene rings is 1. The molecule has 0 aliphatic carbocycles. The van der Waals surface area contributed by atoms with Crippen molar-refractivity contribution in [3.05, 3.63) is 29.8 Å². The van der Waals surface area contributed by atoms with Gasteiger partial charge in [0, 0.05) is 24.7 Å². The van der Waals surface area contributed by atoms with Gasteiger partial charge in [0.05, 0.1) is 0 Å². The molecule has 0 aromatic heterocycles. The van der Waals surface area contributed by atoms with Crippen LogP contribution in [0.1, 0.15) is 25.3 Å². The third kappa shape index (κ3) is 3.05. The first-order valence-corrected chi connectivity index (χ1v) is 6.49. The molecule has 0 bridgehead atoms. The Morgan fingerprint density at radius 3 is 2.89 bits per heavy atom. The molecule has 19 heavy (non-hydrogen) atoms. The summed E-state index contributed by atoms with van der Waals surface area (Å²) >= 11 is 0. The highest BCUT2D eigenvalue weighted by atomic mass is 16.4. The summed E-state index contributed by atoms with van der Waals surface area (Å²) in [4.78, 5) is 24.2. The van der Waals surface area contributed by atoms with Gasteiger partial charge in [0.1, 0.15) is 0 Å². The maximum atomic E-state index is 12.0. The summed E-state index contributed by atoms with van der Waals surface area (Å²) < 4.78 is 0. The summed E-state index contributed by atoms with van der Waals surface area (Å²) in [5.74, 6) is -0.832. The molecule has 1 fully saturated rings. The Hall–Kier alpha value is -2.04. The van der Waals surface area contributed by atoms with Crippen molar-refractivity contribution in [1.82, 2.24) is 5.32 Å². The molecule has 2 N–H and O–H groups in total. The van der Waals surface area contributed by atoms with Crippen LogP contribution in [0.25, 0.3) is 0 Å². The van der Waals surface area contributed by atoms with Crippen molar-refractivity contribution < 1.29 is 14.7 Å². The summed E-state index contributed by atoms with van der Waals surface area (Å²) in [7, 11) is 0. The maximum absolute atomic E-state index is 12.0. The fourth-order valence-corrected chi connectivity index (χ4v) is 2.34. The lowest BCUT2D eigenvalue weighted by Gasteiger charge is -2.18. The van der Waals surface area contributed by atoms with Crippen molar-refractivity contribution in [2.24, 2.45) is 0 Å². The van der Waals surface area contributed by atoms with E-state index in [2.05, 4.69) is 12.2 Å². The van der Waals surface area contributed by atoms with Crippen molar-refractivity contribution in [2.45, 2.75) is 32.2 Å². The fraction of sp³-hybridized carbons (Fsp3) is 0.429. The van der Waals surface area contributed by atoms with E-state index >= 15 is 0 Å². The van der Waals surface area contributed by atoms with E-state index in [4.69, 9.17) is 5.11 Å². The van der Waals surface area contributed by atoms with Gasteiger partial charge in [-0.05, 0) is 24.5 Å². The Balaban J connectivity index is 2.09. The quantitative estimate of drug-likeness (QED) is 0.852.